The Morgan fingerprint density at radius 3 is 2.91 bits per heavy atom. The number of benzene rings is 1. The summed E-state index contributed by atoms with van der Waals surface area (Å²) < 4.78 is 24.4. The van der Waals surface area contributed by atoms with Gasteiger partial charge in [0.25, 0.3) is 0 Å². The summed E-state index contributed by atoms with van der Waals surface area (Å²) in [6.45, 7) is 2.41. The minimum atomic E-state index is -1.06. The molecule has 23 heavy (non-hydrogen) atoms. The monoisotopic (exact) mass is 323 g/mol. The van der Waals surface area contributed by atoms with Crippen LogP contribution in [-0.4, -0.2) is 54.6 Å². The molecule has 4 nitrogen and oxygen atoms in total. The molecular weight excluding hydrogens is 297 g/mol. The fraction of sp³-hybridized carbons (Fsp3) is 0.667. The van der Waals surface area contributed by atoms with Crippen LogP contribution in [0.25, 0.3) is 0 Å². The Morgan fingerprint density at radius 1 is 1.30 bits per heavy atom. The Morgan fingerprint density at radius 2 is 2.13 bits per heavy atom. The van der Waals surface area contributed by atoms with Crippen LogP contribution in [0.3, 0.4) is 0 Å². The lowest BCUT2D eigenvalue weighted by Crippen LogP contribution is -2.51. The molecule has 2 fully saturated rings. The second kappa shape index (κ2) is 7.60. The van der Waals surface area contributed by atoms with Gasteiger partial charge in [-0.25, -0.2) is 4.39 Å². The van der Waals surface area contributed by atoms with E-state index in [0.29, 0.717) is 24.9 Å². The van der Waals surface area contributed by atoms with Crippen molar-refractivity contribution in [2.45, 2.75) is 43.7 Å². The Balaban J connectivity index is 1.61. The highest BCUT2D eigenvalue weighted by atomic mass is 19.1. The molecule has 2 aliphatic rings. The van der Waals surface area contributed by atoms with Crippen LogP contribution < -0.4 is 4.74 Å². The summed E-state index contributed by atoms with van der Waals surface area (Å²) in [4.78, 5) is 2.35. The number of β-amino-alcohol motifs (C(OH)–C–C–N with tert-alkyl or cyclic N) is 1. The third kappa shape index (κ3) is 4.66. The van der Waals surface area contributed by atoms with E-state index in [1.54, 1.807) is 12.1 Å². The molecule has 0 aromatic heterocycles. The largest absolute Gasteiger partial charge is 0.490 e. The lowest BCUT2D eigenvalue weighted by atomic mass is 9.93. The summed E-state index contributed by atoms with van der Waals surface area (Å²) >= 11 is 0. The van der Waals surface area contributed by atoms with E-state index in [4.69, 9.17) is 9.47 Å². The highest BCUT2D eigenvalue weighted by Gasteiger charge is 2.36. The maximum atomic E-state index is 13.2. The number of ether oxygens (including phenoxy) is 2. The number of rotatable bonds is 4. The van der Waals surface area contributed by atoms with E-state index < -0.39 is 5.60 Å². The molecule has 128 valence electrons. The highest BCUT2D eigenvalue weighted by Crippen LogP contribution is 2.26. The lowest BCUT2D eigenvalue weighted by molar-refractivity contribution is -0.0682. The first-order valence-electron chi connectivity index (χ1n) is 8.57. The number of nitrogens with zero attached hydrogens (tertiary/aromatic N) is 1. The molecule has 1 aliphatic heterocycles. The predicted octanol–water partition coefficient (Wildman–Crippen LogP) is 2.60. The van der Waals surface area contributed by atoms with Gasteiger partial charge >= 0.3 is 0 Å². The van der Waals surface area contributed by atoms with Crippen molar-refractivity contribution in [3.63, 3.8) is 0 Å². The van der Waals surface area contributed by atoms with Crippen molar-refractivity contribution in [3.05, 3.63) is 30.1 Å². The zero-order valence-corrected chi connectivity index (χ0v) is 13.5. The summed E-state index contributed by atoms with van der Waals surface area (Å²) in [5.41, 5.74) is -1.06. The summed E-state index contributed by atoms with van der Waals surface area (Å²) in [6.07, 6.45) is 6.23. The molecule has 1 aromatic rings. The molecule has 5 heteroatoms. The fourth-order valence-corrected chi connectivity index (χ4v) is 3.57. The van der Waals surface area contributed by atoms with Gasteiger partial charge in [0.1, 0.15) is 23.8 Å². The highest BCUT2D eigenvalue weighted by molar-refractivity contribution is 5.22. The average molecular weight is 323 g/mol. The second-order valence-corrected chi connectivity index (χ2v) is 6.79. The van der Waals surface area contributed by atoms with Crippen LogP contribution in [0.4, 0.5) is 4.39 Å². The molecule has 1 saturated carbocycles. The molecular formula is C18H26FNO3. The molecule has 1 aliphatic carbocycles. The number of hydrogen-bond acceptors (Lipinski definition) is 4. The SMILES string of the molecule is O[C@@]1(COc2cccc(F)c2)COCCN(C2CCCCC2)C1. The van der Waals surface area contributed by atoms with Crippen molar-refractivity contribution in [1.82, 2.24) is 4.90 Å². The van der Waals surface area contributed by atoms with Gasteiger partial charge in [-0.2, -0.15) is 0 Å². The molecule has 0 radical (unpaired) electrons. The maximum absolute atomic E-state index is 13.2. The Labute approximate surface area is 137 Å². The van der Waals surface area contributed by atoms with Gasteiger partial charge in [-0.3, -0.25) is 4.90 Å². The smallest absolute Gasteiger partial charge is 0.134 e. The number of hydrogen-bond donors (Lipinski definition) is 1. The van der Waals surface area contributed by atoms with Gasteiger partial charge in [0.15, 0.2) is 0 Å². The molecule has 1 saturated heterocycles. The van der Waals surface area contributed by atoms with Crippen LogP contribution in [0, 0.1) is 5.82 Å². The summed E-state index contributed by atoms with van der Waals surface area (Å²) in [6, 6.07) is 6.54. The van der Waals surface area contributed by atoms with E-state index in [0.717, 1.165) is 6.54 Å². The van der Waals surface area contributed by atoms with Gasteiger partial charge in [-0.15, -0.1) is 0 Å². The normalized spacial score (nSPS) is 27.6. The minimum absolute atomic E-state index is 0.111. The van der Waals surface area contributed by atoms with Crippen molar-refractivity contribution in [1.29, 1.82) is 0 Å². The van der Waals surface area contributed by atoms with Crippen LogP contribution in [0.15, 0.2) is 24.3 Å². The van der Waals surface area contributed by atoms with E-state index in [-0.39, 0.29) is 19.0 Å². The van der Waals surface area contributed by atoms with Crippen molar-refractivity contribution >= 4 is 0 Å². The Bertz CT molecular complexity index is 507. The van der Waals surface area contributed by atoms with Crippen LogP contribution in [-0.2, 0) is 4.74 Å². The maximum Gasteiger partial charge on any atom is 0.134 e. The van der Waals surface area contributed by atoms with Crippen molar-refractivity contribution in [2.75, 3.05) is 32.9 Å². The van der Waals surface area contributed by atoms with E-state index in [1.807, 2.05) is 0 Å². The molecule has 3 rings (SSSR count). The first-order valence-corrected chi connectivity index (χ1v) is 8.57. The zero-order valence-electron chi connectivity index (χ0n) is 13.5. The predicted molar refractivity (Wildman–Crippen MR) is 86.1 cm³/mol. The van der Waals surface area contributed by atoms with Crippen LogP contribution in [0.2, 0.25) is 0 Å². The molecule has 0 bridgehead atoms. The molecule has 1 N–H and O–H groups in total. The lowest BCUT2D eigenvalue weighted by Gasteiger charge is -2.37. The van der Waals surface area contributed by atoms with Gasteiger partial charge in [-0.05, 0) is 25.0 Å². The summed E-state index contributed by atoms with van der Waals surface area (Å²) in [5, 5.41) is 10.9. The van der Waals surface area contributed by atoms with Crippen LogP contribution in [0.5, 0.6) is 5.75 Å². The average Bonchev–Trinajstić information content (AvgIpc) is 2.76. The first-order chi connectivity index (χ1) is 11.1. The fourth-order valence-electron chi connectivity index (χ4n) is 3.57. The van der Waals surface area contributed by atoms with Gasteiger partial charge < -0.3 is 14.6 Å². The third-order valence-electron chi connectivity index (χ3n) is 4.79. The van der Waals surface area contributed by atoms with Gasteiger partial charge in [0, 0.05) is 25.2 Å². The molecule has 1 aromatic carbocycles. The van der Waals surface area contributed by atoms with E-state index in [9.17, 15) is 9.50 Å². The van der Waals surface area contributed by atoms with Gasteiger partial charge in [0.05, 0.1) is 13.2 Å². The third-order valence-corrected chi connectivity index (χ3v) is 4.79. The Hall–Kier alpha value is -1.17. The van der Waals surface area contributed by atoms with Crippen LogP contribution >= 0.6 is 0 Å². The molecule has 0 amide bonds. The number of aliphatic hydroxyl groups is 1. The van der Waals surface area contributed by atoms with E-state index in [2.05, 4.69) is 4.90 Å². The van der Waals surface area contributed by atoms with Crippen molar-refractivity contribution < 1.29 is 19.0 Å². The quantitative estimate of drug-likeness (QED) is 0.925. The topological polar surface area (TPSA) is 41.9 Å². The standard InChI is InChI=1S/C18H26FNO3/c19-15-5-4-8-17(11-15)23-14-18(21)12-20(9-10-22-13-18)16-6-2-1-3-7-16/h4-5,8,11,16,21H,1-3,6-7,9-10,12-14H2/t18-/m1/s1. The molecule has 0 unspecified atom stereocenters. The number of halogens is 1. The van der Waals surface area contributed by atoms with Crippen molar-refractivity contribution in [3.8, 4) is 5.75 Å². The zero-order chi connectivity index (χ0) is 16.1. The summed E-state index contributed by atoms with van der Waals surface area (Å²) in [7, 11) is 0. The van der Waals surface area contributed by atoms with Crippen molar-refractivity contribution in [2.24, 2.45) is 0 Å². The molecule has 1 atom stereocenters. The minimum Gasteiger partial charge on any atom is -0.490 e. The first kappa shape index (κ1) is 16.7. The Kier molecular flexibility index (Phi) is 5.51. The molecule has 1 heterocycles. The molecule has 0 spiro atoms. The van der Waals surface area contributed by atoms with Gasteiger partial charge in [0.2, 0.25) is 0 Å². The second-order valence-electron chi connectivity index (χ2n) is 6.79. The van der Waals surface area contributed by atoms with Crippen LogP contribution in [0.1, 0.15) is 32.1 Å². The summed E-state index contributed by atoms with van der Waals surface area (Å²) in [5.74, 6) is 0.0994. The van der Waals surface area contributed by atoms with Gasteiger partial charge in [-0.1, -0.05) is 25.3 Å². The van der Waals surface area contributed by atoms with E-state index >= 15 is 0 Å². The van der Waals surface area contributed by atoms with E-state index in [1.165, 1.54) is 44.2 Å².